The summed E-state index contributed by atoms with van der Waals surface area (Å²) in [6.07, 6.45) is -2.23. The van der Waals surface area contributed by atoms with Gasteiger partial charge in [-0.2, -0.15) is 0 Å². The molecule has 0 aromatic carbocycles. The van der Waals surface area contributed by atoms with E-state index in [1.165, 1.54) is 14.2 Å². The van der Waals surface area contributed by atoms with Gasteiger partial charge in [0.1, 0.15) is 25.4 Å². The summed E-state index contributed by atoms with van der Waals surface area (Å²) in [4.78, 5) is 22.9. The highest BCUT2D eigenvalue weighted by atomic mass is 16.6. The van der Waals surface area contributed by atoms with Crippen molar-refractivity contribution in [2.45, 2.75) is 18.6 Å². The number of ether oxygens (including phenoxy) is 4. The van der Waals surface area contributed by atoms with E-state index in [1.54, 1.807) is 0 Å². The number of carbonyl (C=O) groups excluding carboxylic acids is 2. The lowest BCUT2D eigenvalue weighted by Gasteiger charge is -2.12. The molecule has 0 aromatic rings. The Bertz CT molecular complexity index is 341. The molecule has 0 aromatic heterocycles. The molecule has 21 heavy (non-hydrogen) atoms. The number of aliphatic hydroxyl groups is 2. The highest BCUT2D eigenvalue weighted by molar-refractivity contribution is 5.93. The third kappa shape index (κ3) is 9.97. The molecule has 0 saturated carbocycles. The van der Waals surface area contributed by atoms with Gasteiger partial charge in [-0.1, -0.05) is 6.58 Å². The van der Waals surface area contributed by atoms with Crippen molar-refractivity contribution in [2.24, 2.45) is 0 Å². The summed E-state index contributed by atoms with van der Waals surface area (Å²) in [5.41, 5.74) is -0.106. The Kier molecular flexibility index (Phi) is 10.4. The molecule has 0 rings (SSSR count). The van der Waals surface area contributed by atoms with Crippen molar-refractivity contribution in [3.05, 3.63) is 12.2 Å². The summed E-state index contributed by atoms with van der Waals surface area (Å²) in [6.45, 7) is 2.98. The van der Waals surface area contributed by atoms with Crippen LogP contribution in [0.3, 0.4) is 0 Å². The fraction of sp³-hybridized carbons (Fsp3) is 0.692. The number of aliphatic hydroxyl groups excluding tert-OH is 2. The zero-order valence-electron chi connectivity index (χ0n) is 12.2. The molecule has 8 nitrogen and oxygen atoms in total. The molecule has 0 heterocycles. The van der Waals surface area contributed by atoms with Crippen LogP contribution >= 0.6 is 0 Å². The lowest BCUT2D eigenvalue weighted by atomic mass is 10.2. The fourth-order valence-electron chi connectivity index (χ4n) is 1.24. The van der Waals surface area contributed by atoms with Crippen molar-refractivity contribution < 1.29 is 38.7 Å². The summed E-state index contributed by atoms with van der Waals surface area (Å²) in [5, 5.41) is 18.6. The monoisotopic (exact) mass is 306 g/mol. The predicted molar refractivity (Wildman–Crippen MR) is 71.4 cm³/mol. The summed E-state index contributed by atoms with van der Waals surface area (Å²) >= 11 is 0. The standard InChI is InChI=1S/C13H22O8/c1-9(13(17)21-8-11(15)6-19-3)4-12(16)20-7-10(14)5-18-2/h10-11,14-15H,1,4-8H2,2-3H3. The molecule has 0 saturated heterocycles. The molecule has 0 aliphatic carbocycles. The summed E-state index contributed by atoms with van der Waals surface area (Å²) < 4.78 is 18.8. The van der Waals surface area contributed by atoms with E-state index in [4.69, 9.17) is 9.47 Å². The van der Waals surface area contributed by atoms with Crippen LogP contribution < -0.4 is 0 Å². The van der Waals surface area contributed by atoms with E-state index in [1.807, 2.05) is 0 Å². The molecule has 0 amide bonds. The Morgan fingerprint density at radius 3 is 1.90 bits per heavy atom. The smallest absolute Gasteiger partial charge is 0.334 e. The minimum atomic E-state index is -0.942. The van der Waals surface area contributed by atoms with Crippen LogP contribution in [0, 0.1) is 0 Å². The maximum absolute atomic E-state index is 11.5. The SMILES string of the molecule is C=C(CC(=O)OCC(O)COC)C(=O)OCC(O)COC. The van der Waals surface area contributed by atoms with Crippen molar-refractivity contribution in [3.8, 4) is 0 Å². The molecule has 0 fully saturated rings. The van der Waals surface area contributed by atoms with Gasteiger partial charge >= 0.3 is 11.9 Å². The lowest BCUT2D eigenvalue weighted by molar-refractivity contribution is -0.150. The van der Waals surface area contributed by atoms with Gasteiger partial charge in [-0.15, -0.1) is 0 Å². The highest BCUT2D eigenvalue weighted by Crippen LogP contribution is 2.04. The zero-order valence-corrected chi connectivity index (χ0v) is 12.2. The average Bonchev–Trinajstić information content (AvgIpc) is 2.43. The van der Waals surface area contributed by atoms with Crippen LogP contribution in [0.2, 0.25) is 0 Å². The number of esters is 2. The van der Waals surface area contributed by atoms with Crippen LogP contribution in [-0.4, -0.2) is 75.0 Å². The molecule has 0 radical (unpaired) electrons. The van der Waals surface area contributed by atoms with E-state index in [2.05, 4.69) is 16.1 Å². The molecule has 0 bridgehead atoms. The normalized spacial score (nSPS) is 13.3. The van der Waals surface area contributed by atoms with Crippen molar-refractivity contribution in [3.63, 3.8) is 0 Å². The van der Waals surface area contributed by atoms with E-state index < -0.39 is 24.1 Å². The molecule has 122 valence electrons. The van der Waals surface area contributed by atoms with Gasteiger partial charge < -0.3 is 29.2 Å². The van der Waals surface area contributed by atoms with E-state index in [9.17, 15) is 19.8 Å². The first-order valence-electron chi connectivity index (χ1n) is 6.25. The zero-order chi connectivity index (χ0) is 16.3. The second-order valence-electron chi connectivity index (χ2n) is 4.28. The number of hydrogen-bond donors (Lipinski definition) is 2. The Balaban J connectivity index is 3.95. The van der Waals surface area contributed by atoms with Crippen LogP contribution in [-0.2, 0) is 28.5 Å². The van der Waals surface area contributed by atoms with Crippen LogP contribution in [0.15, 0.2) is 12.2 Å². The first-order valence-corrected chi connectivity index (χ1v) is 6.25. The molecular weight excluding hydrogens is 284 g/mol. The number of rotatable bonds is 11. The molecule has 0 spiro atoms. The first-order chi connectivity index (χ1) is 9.90. The number of methoxy groups -OCH3 is 2. The Labute approximate surface area is 123 Å². The van der Waals surface area contributed by atoms with Crippen molar-refractivity contribution in [1.82, 2.24) is 0 Å². The molecule has 2 atom stereocenters. The topological polar surface area (TPSA) is 112 Å². The van der Waals surface area contributed by atoms with Gasteiger partial charge in [0, 0.05) is 19.8 Å². The Morgan fingerprint density at radius 2 is 1.43 bits per heavy atom. The van der Waals surface area contributed by atoms with E-state index in [0.29, 0.717) is 0 Å². The Hall–Kier alpha value is -1.48. The van der Waals surface area contributed by atoms with E-state index in [-0.39, 0.29) is 38.4 Å². The van der Waals surface area contributed by atoms with E-state index in [0.717, 1.165) is 0 Å². The molecule has 0 aliphatic heterocycles. The quantitative estimate of drug-likeness (QED) is 0.370. The molecule has 2 N–H and O–H groups in total. The highest BCUT2D eigenvalue weighted by Gasteiger charge is 2.17. The molecule has 2 unspecified atom stereocenters. The van der Waals surface area contributed by atoms with Gasteiger partial charge in [0.25, 0.3) is 0 Å². The van der Waals surface area contributed by atoms with Gasteiger partial charge in [0.15, 0.2) is 0 Å². The molecular formula is C13H22O8. The van der Waals surface area contributed by atoms with Crippen LogP contribution in [0.5, 0.6) is 0 Å². The van der Waals surface area contributed by atoms with E-state index >= 15 is 0 Å². The third-order valence-corrected chi connectivity index (χ3v) is 2.21. The van der Waals surface area contributed by atoms with Crippen LogP contribution in [0.25, 0.3) is 0 Å². The van der Waals surface area contributed by atoms with Gasteiger partial charge in [-0.05, 0) is 0 Å². The van der Waals surface area contributed by atoms with Gasteiger partial charge in [0.2, 0.25) is 0 Å². The van der Waals surface area contributed by atoms with Gasteiger partial charge in [-0.3, -0.25) is 4.79 Å². The average molecular weight is 306 g/mol. The largest absolute Gasteiger partial charge is 0.463 e. The number of hydrogen-bond acceptors (Lipinski definition) is 8. The predicted octanol–water partition coefficient (Wildman–Crippen LogP) is -0.966. The fourth-order valence-corrected chi connectivity index (χ4v) is 1.24. The minimum absolute atomic E-state index is 0.0270. The second kappa shape index (κ2) is 11.2. The summed E-state index contributed by atoms with van der Waals surface area (Å²) in [7, 11) is 2.80. The van der Waals surface area contributed by atoms with Crippen molar-refractivity contribution in [1.29, 1.82) is 0 Å². The van der Waals surface area contributed by atoms with Crippen LogP contribution in [0.1, 0.15) is 6.42 Å². The maximum Gasteiger partial charge on any atom is 0.334 e. The van der Waals surface area contributed by atoms with Crippen molar-refractivity contribution >= 4 is 11.9 Å². The van der Waals surface area contributed by atoms with Gasteiger partial charge in [-0.25, -0.2) is 4.79 Å². The molecule has 0 aliphatic rings. The molecule has 8 heteroatoms. The third-order valence-electron chi connectivity index (χ3n) is 2.21. The van der Waals surface area contributed by atoms with Gasteiger partial charge in [0.05, 0.1) is 19.6 Å². The first kappa shape index (κ1) is 19.5. The Morgan fingerprint density at radius 1 is 0.952 bits per heavy atom. The summed E-state index contributed by atoms with van der Waals surface area (Å²) in [5.74, 6) is -1.52. The van der Waals surface area contributed by atoms with Crippen molar-refractivity contribution in [2.75, 3.05) is 40.6 Å². The summed E-state index contributed by atoms with van der Waals surface area (Å²) in [6, 6.07) is 0. The maximum atomic E-state index is 11.5. The minimum Gasteiger partial charge on any atom is -0.463 e. The van der Waals surface area contributed by atoms with Crippen LogP contribution in [0.4, 0.5) is 0 Å². The number of carbonyl (C=O) groups is 2. The lowest BCUT2D eigenvalue weighted by Crippen LogP contribution is -2.25. The second-order valence-corrected chi connectivity index (χ2v) is 4.28.